The van der Waals surface area contributed by atoms with Crippen LogP contribution >= 0.6 is 0 Å². The molecule has 0 aliphatic carbocycles. The van der Waals surface area contributed by atoms with E-state index in [1.807, 2.05) is 6.92 Å². The number of phenols is 1. The van der Waals surface area contributed by atoms with Crippen molar-refractivity contribution in [3.63, 3.8) is 0 Å². The fourth-order valence-electron chi connectivity index (χ4n) is 1.54. The van der Waals surface area contributed by atoms with Gasteiger partial charge in [0.15, 0.2) is 0 Å². The Balaban J connectivity index is 3.50. The number of hydrogen-bond acceptors (Lipinski definition) is 5. The summed E-state index contributed by atoms with van der Waals surface area (Å²) in [5.41, 5.74) is -0.919. The Morgan fingerprint density at radius 1 is 1.29 bits per heavy atom. The fraction of sp³-hybridized carbons (Fsp3) is 0.400. The van der Waals surface area contributed by atoms with Crippen molar-refractivity contribution < 1.29 is 15.0 Å². The topological polar surface area (TPSA) is 107 Å². The monoisotopic (exact) mass is 240 g/mol. The molecule has 0 heterocycles. The zero-order chi connectivity index (χ0) is 13.2. The SMILES string of the molecule is CCC(C)c1ccc([N+](=O)[O-])c(O)c1[N+](=O)[O-]. The summed E-state index contributed by atoms with van der Waals surface area (Å²) in [7, 11) is 0. The van der Waals surface area contributed by atoms with Crippen molar-refractivity contribution in [2.24, 2.45) is 0 Å². The van der Waals surface area contributed by atoms with Gasteiger partial charge in [-0.25, -0.2) is 0 Å². The van der Waals surface area contributed by atoms with Crippen LogP contribution in [0.3, 0.4) is 0 Å². The summed E-state index contributed by atoms with van der Waals surface area (Å²) in [5, 5.41) is 31.0. The molecule has 0 spiro atoms. The molecule has 1 unspecified atom stereocenters. The van der Waals surface area contributed by atoms with Crippen molar-refractivity contribution in [1.29, 1.82) is 0 Å². The molecule has 1 N–H and O–H groups in total. The molecular formula is C10H12N2O5. The average Bonchev–Trinajstić information content (AvgIpc) is 2.26. The van der Waals surface area contributed by atoms with Gasteiger partial charge in [0.25, 0.3) is 5.75 Å². The van der Waals surface area contributed by atoms with E-state index in [-0.39, 0.29) is 5.92 Å². The van der Waals surface area contributed by atoms with E-state index in [0.717, 1.165) is 6.07 Å². The van der Waals surface area contributed by atoms with Gasteiger partial charge in [-0.2, -0.15) is 0 Å². The van der Waals surface area contributed by atoms with E-state index in [9.17, 15) is 25.3 Å². The summed E-state index contributed by atoms with van der Waals surface area (Å²) < 4.78 is 0. The molecule has 0 saturated carbocycles. The third kappa shape index (κ3) is 2.32. The molecule has 0 aliphatic rings. The van der Waals surface area contributed by atoms with Gasteiger partial charge >= 0.3 is 11.4 Å². The normalized spacial score (nSPS) is 12.1. The van der Waals surface area contributed by atoms with Crippen LogP contribution in [0.2, 0.25) is 0 Å². The van der Waals surface area contributed by atoms with E-state index in [1.54, 1.807) is 6.92 Å². The Morgan fingerprint density at radius 3 is 2.29 bits per heavy atom. The number of nitrogens with zero attached hydrogens (tertiary/aromatic N) is 2. The lowest BCUT2D eigenvalue weighted by atomic mass is 9.96. The molecule has 1 aromatic carbocycles. The van der Waals surface area contributed by atoms with Crippen molar-refractivity contribution in [2.75, 3.05) is 0 Å². The highest BCUT2D eigenvalue weighted by Crippen LogP contribution is 2.41. The van der Waals surface area contributed by atoms with Crippen molar-refractivity contribution in [2.45, 2.75) is 26.2 Å². The smallest absolute Gasteiger partial charge is 0.321 e. The molecule has 0 saturated heterocycles. The third-order valence-electron chi connectivity index (χ3n) is 2.68. The highest BCUT2D eigenvalue weighted by molar-refractivity contribution is 5.63. The lowest BCUT2D eigenvalue weighted by Gasteiger charge is -2.10. The van der Waals surface area contributed by atoms with E-state index in [2.05, 4.69) is 0 Å². The van der Waals surface area contributed by atoms with Gasteiger partial charge in [-0.15, -0.1) is 0 Å². The van der Waals surface area contributed by atoms with E-state index in [1.165, 1.54) is 6.07 Å². The lowest BCUT2D eigenvalue weighted by Crippen LogP contribution is -2.01. The number of benzene rings is 1. The molecule has 17 heavy (non-hydrogen) atoms. The quantitative estimate of drug-likeness (QED) is 0.643. The van der Waals surface area contributed by atoms with Gasteiger partial charge < -0.3 is 5.11 Å². The predicted octanol–water partition coefficient (Wildman–Crippen LogP) is 2.72. The number of aromatic hydroxyl groups is 1. The predicted molar refractivity (Wildman–Crippen MR) is 60.1 cm³/mol. The molecule has 7 heteroatoms. The first-order chi connectivity index (χ1) is 7.90. The van der Waals surface area contributed by atoms with Crippen LogP contribution in [0.15, 0.2) is 12.1 Å². The van der Waals surface area contributed by atoms with Crippen LogP contribution in [-0.4, -0.2) is 15.0 Å². The van der Waals surface area contributed by atoms with Crippen LogP contribution in [-0.2, 0) is 0 Å². The lowest BCUT2D eigenvalue weighted by molar-refractivity contribution is -0.396. The summed E-state index contributed by atoms with van der Waals surface area (Å²) in [5.74, 6) is -1.03. The average molecular weight is 240 g/mol. The fourth-order valence-corrected chi connectivity index (χ4v) is 1.54. The third-order valence-corrected chi connectivity index (χ3v) is 2.68. The molecule has 7 nitrogen and oxygen atoms in total. The second-order valence-electron chi connectivity index (χ2n) is 3.69. The summed E-state index contributed by atoms with van der Waals surface area (Å²) in [4.78, 5) is 19.8. The maximum atomic E-state index is 10.9. The molecule has 0 aromatic heterocycles. The van der Waals surface area contributed by atoms with Gasteiger partial charge in [-0.05, 0) is 18.4 Å². The van der Waals surface area contributed by atoms with E-state index >= 15 is 0 Å². The van der Waals surface area contributed by atoms with Crippen molar-refractivity contribution in [3.05, 3.63) is 37.9 Å². The molecule has 1 aromatic rings. The molecule has 0 amide bonds. The van der Waals surface area contributed by atoms with E-state index in [4.69, 9.17) is 0 Å². The van der Waals surface area contributed by atoms with Crippen LogP contribution in [0.5, 0.6) is 5.75 Å². The van der Waals surface area contributed by atoms with Crippen LogP contribution in [0.4, 0.5) is 11.4 Å². The molecule has 0 fully saturated rings. The maximum Gasteiger partial charge on any atom is 0.321 e. The van der Waals surface area contributed by atoms with Crippen LogP contribution in [0, 0.1) is 20.2 Å². The largest absolute Gasteiger partial charge is 0.497 e. The zero-order valence-corrected chi connectivity index (χ0v) is 9.41. The van der Waals surface area contributed by atoms with Gasteiger partial charge in [0.1, 0.15) is 0 Å². The van der Waals surface area contributed by atoms with E-state index in [0.29, 0.717) is 12.0 Å². The van der Waals surface area contributed by atoms with E-state index < -0.39 is 27.0 Å². The van der Waals surface area contributed by atoms with Crippen LogP contribution in [0.1, 0.15) is 31.7 Å². The summed E-state index contributed by atoms with van der Waals surface area (Å²) in [6, 6.07) is 2.41. The van der Waals surface area contributed by atoms with Crippen LogP contribution < -0.4 is 0 Å². The molecule has 92 valence electrons. The first kappa shape index (κ1) is 12.9. The van der Waals surface area contributed by atoms with Gasteiger partial charge in [0.05, 0.1) is 9.85 Å². The summed E-state index contributed by atoms with van der Waals surface area (Å²) in [6.45, 7) is 3.60. The Labute approximate surface area is 97.0 Å². The number of nitro groups is 2. The first-order valence-electron chi connectivity index (χ1n) is 5.04. The zero-order valence-electron chi connectivity index (χ0n) is 9.41. The first-order valence-corrected chi connectivity index (χ1v) is 5.04. The standard InChI is InChI=1S/C10H12N2O5/c1-3-6(2)7-4-5-8(11(14)15)10(13)9(7)12(16)17/h4-6,13H,3H2,1-2H3. The second kappa shape index (κ2) is 4.77. The summed E-state index contributed by atoms with van der Waals surface area (Å²) in [6.07, 6.45) is 0.637. The number of hydrogen-bond donors (Lipinski definition) is 1. The van der Waals surface area contributed by atoms with Gasteiger partial charge in [-0.1, -0.05) is 13.8 Å². The molecule has 0 aliphatic heterocycles. The Kier molecular flexibility index (Phi) is 3.62. The minimum absolute atomic E-state index is 0.151. The molecule has 1 rings (SSSR count). The molecular weight excluding hydrogens is 228 g/mol. The van der Waals surface area contributed by atoms with Crippen molar-refractivity contribution >= 4 is 11.4 Å². The minimum Gasteiger partial charge on any atom is -0.497 e. The minimum atomic E-state index is -0.877. The maximum absolute atomic E-state index is 10.9. The number of phenolic OH excluding ortho intramolecular Hbond substituents is 1. The van der Waals surface area contributed by atoms with Gasteiger partial charge in [0, 0.05) is 11.6 Å². The van der Waals surface area contributed by atoms with Crippen LogP contribution in [0.25, 0.3) is 0 Å². The van der Waals surface area contributed by atoms with Crippen molar-refractivity contribution in [1.82, 2.24) is 0 Å². The molecule has 1 atom stereocenters. The molecule has 0 radical (unpaired) electrons. The highest BCUT2D eigenvalue weighted by atomic mass is 16.6. The Bertz CT molecular complexity index is 472. The number of nitro benzene ring substituents is 2. The summed E-state index contributed by atoms with van der Waals surface area (Å²) >= 11 is 0. The second-order valence-corrected chi connectivity index (χ2v) is 3.69. The molecule has 0 bridgehead atoms. The van der Waals surface area contributed by atoms with Gasteiger partial charge in [0.2, 0.25) is 0 Å². The Morgan fingerprint density at radius 2 is 1.88 bits per heavy atom. The number of rotatable bonds is 4. The van der Waals surface area contributed by atoms with Crippen molar-refractivity contribution in [3.8, 4) is 5.75 Å². The van der Waals surface area contributed by atoms with Gasteiger partial charge in [-0.3, -0.25) is 20.2 Å². The Hall–Kier alpha value is -2.18. The highest BCUT2D eigenvalue weighted by Gasteiger charge is 2.30.